The minimum atomic E-state index is 0.493. The molecule has 3 aliphatic rings. The second-order valence-electron chi connectivity index (χ2n) is 5.34. The highest BCUT2D eigenvalue weighted by molar-refractivity contribution is 5.81. The van der Waals surface area contributed by atoms with Gasteiger partial charge in [-0.15, -0.1) is 0 Å². The number of rotatable bonds is 1. The molecule has 0 aromatic heterocycles. The molecule has 78 valence electrons. The van der Waals surface area contributed by atoms with Gasteiger partial charge in [0.25, 0.3) is 0 Å². The van der Waals surface area contributed by atoms with Crippen LogP contribution in [0.2, 0.25) is 0 Å². The van der Waals surface area contributed by atoms with Crippen molar-refractivity contribution in [1.82, 2.24) is 4.90 Å². The number of nitrogens with zero attached hydrogens (tertiary/aromatic N) is 1. The predicted molar refractivity (Wildman–Crippen MR) is 55.1 cm³/mol. The lowest BCUT2D eigenvalue weighted by Gasteiger charge is -2.23. The van der Waals surface area contributed by atoms with Crippen molar-refractivity contribution in [2.45, 2.75) is 44.6 Å². The second kappa shape index (κ2) is 3.34. The van der Waals surface area contributed by atoms with Crippen LogP contribution in [0.5, 0.6) is 0 Å². The maximum Gasteiger partial charge on any atom is 0.134 e. The molecule has 3 rings (SSSR count). The Labute approximate surface area is 85.7 Å². The molecular weight excluding hydrogens is 174 g/mol. The van der Waals surface area contributed by atoms with Crippen molar-refractivity contribution >= 4 is 5.78 Å². The van der Waals surface area contributed by atoms with Gasteiger partial charge in [-0.25, -0.2) is 0 Å². The molecule has 1 aliphatic heterocycles. The molecule has 3 atom stereocenters. The summed E-state index contributed by atoms with van der Waals surface area (Å²) in [4.78, 5) is 13.8. The van der Waals surface area contributed by atoms with E-state index in [-0.39, 0.29) is 0 Å². The molecule has 1 saturated heterocycles. The van der Waals surface area contributed by atoms with Crippen molar-refractivity contribution in [1.29, 1.82) is 0 Å². The molecule has 2 nitrogen and oxygen atoms in total. The molecule has 1 heterocycles. The Bertz CT molecular complexity index is 239. The highest BCUT2D eigenvalue weighted by Gasteiger charge is 2.40. The van der Waals surface area contributed by atoms with Gasteiger partial charge in [0, 0.05) is 32.0 Å². The Balaban J connectivity index is 1.63. The third-order valence-corrected chi connectivity index (χ3v) is 4.49. The van der Waals surface area contributed by atoms with E-state index in [9.17, 15) is 4.79 Å². The minimum absolute atomic E-state index is 0.493. The van der Waals surface area contributed by atoms with Crippen LogP contribution in [0, 0.1) is 11.8 Å². The summed E-state index contributed by atoms with van der Waals surface area (Å²) in [6, 6.07) is 0.619. The molecule has 0 N–H and O–H groups in total. The molecule has 0 amide bonds. The quantitative estimate of drug-likeness (QED) is 0.633. The highest BCUT2D eigenvalue weighted by Crippen LogP contribution is 2.40. The number of hydrogen-bond donors (Lipinski definition) is 0. The average Bonchev–Trinajstić information content (AvgIpc) is 2.75. The largest absolute Gasteiger partial charge is 0.300 e. The maximum atomic E-state index is 11.2. The third kappa shape index (κ3) is 1.40. The monoisotopic (exact) mass is 193 g/mol. The zero-order chi connectivity index (χ0) is 9.54. The Kier molecular flexibility index (Phi) is 2.12. The van der Waals surface area contributed by atoms with Crippen LogP contribution in [-0.2, 0) is 4.79 Å². The molecule has 3 fully saturated rings. The van der Waals surface area contributed by atoms with Gasteiger partial charge in [-0.2, -0.15) is 0 Å². The van der Waals surface area contributed by atoms with Gasteiger partial charge in [0.1, 0.15) is 5.78 Å². The van der Waals surface area contributed by atoms with Gasteiger partial charge < -0.3 is 0 Å². The van der Waals surface area contributed by atoms with Crippen LogP contribution in [0.15, 0.2) is 0 Å². The number of carbonyl (C=O) groups is 1. The molecular formula is C12H19NO. The molecule has 14 heavy (non-hydrogen) atoms. The number of ketones is 1. The molecule has 0 spiro atoms. The SMILES string of the molecule is O=C1CCC(N2CC3CCCC3C2)C1. The molecule has 2 aliphatic carbocycles. The topological polar surface area (TPSA) is 20.3 Å². The second-order valence-corrected chi connectivity index (χ2v) is 5.34. The van der Waals surface area contributed by atoms with E-state index >= 15 is 0 Å². The summed E-state index contributed by atoms with van der Waals surface area (Å²) in [7, 11) is 0. The van der Waals surface area contributed by atoms with E-state index in [0.29, 0.717) is 11.8 Å². The van der Waals surface area contributed by atoms with Crippen LogP contribution < -0.4 is 0 Å². The predicted octanol–water partition coefficient (Wildman–Crippen LogP) is 1.84. The number of Topliss-reactive ketones (excluding diaryl/α,β-unsaturated/α-hetero) is 1. The van der Waals surface area contributed by atoms with E-state index in [1.165, 1.54) is 32.4 Å². The zero-order valence-electron chi connectivity index (χ0n) is 8.74. The van der Waals surface area contributed by atoms with Crippen LogP contribution in [0.25, 0.3) is 0 Å². The fourth-order valence-electron chi connectivity index (χ4n) is 3.68. The standard InChI is InChI=1S/C12H19NO/c14-12-5-4-11(6-12)13-7-9-2-1-3-10(9)8-13/h9-11H,1-8H2. The van der Waals surface area contributed by atoms with Gasteiger partial charge in [-0.05, 0) is 31.1 Å². The summed E-state index contributed by atoms with van der Waals surface area (Å²) in [5.41, 5.74) is 0. The van der Waals surface area contributed by atoms with Crippen molar-refractivity contribution in [2.24, 2.45) is 11.8 Å². The molecule has 0 aromatic carbocycles. The first-order valence-corrected chi connectivity index (χ1v) is 6.08. The Morgan fingerprint density at radius 3 is 2.36 bits per heavy atom. The van der Waals surface area contributed by atoms with Gasteiger partial charge in [0.05, 0.1) is 0 Å². The molecule has 0 aromatic rings. The maximum absolute atomic E-state index is 11.2. The first kappa shape index (κ1) is 8.90. The number of fused-ring (bicyclic) bond motifs is 1. The van der Waals surface area contributed by atoms with Gasteiger partial charge in [0.2, 0.25) is 0 Å². The van der Waals surface area contributed by atoms with Crippen molar-refractivity contribution in [2.75, 3.05) is 13.1 Å². The average molecular weight is 193 g/mol. The van der Waals surface area contributed by atoms with E-state index in [1.54, 1.807) is 0 Å². The summed E-state index contributed by atoms with van der Waals surface area (Å²) < 4.78 is 0. The Morgan fingerprint density at radius 1 is 1.07 bits per heavy atom. The lowest BCUT2D eigenvalue weighted by molar-refractivity contribution is -0.117. The number of carbonyl (C=O) groups excluding carboxylic acids is 1. The van der Waals surface area contributed by atoms with Crippen molar-refractivity contribution in [3.8, 4) is 0 Å². The van der Waals surface area contributed by atoms with Crippen LogP contribution in [-0.4, -0.2) is 29.8 Å². The van der Waals surface area contributed by atoms with Gasteiger partial charge in [-0.1, -0.05) is 6.42 Å². The highest BCUT2D eigenvalue weighted by atomic mass is 16.1. The van der Waals surface area contributed by atoms with E-state index in [1.807, 2.05) is 0 Å². The molecule has 0 radical (unpaired) electrons. The molecule has 2 saturated carbocycles. The van der Waals surface area contributed by atoms with E-state index < -0.39 is 0 Å². The fraction of sp³-hybridized carbons (Fsp3) is 0.917. The lowest BCUT2D eigenvalue weighted by Crippen LogP contribution is -2.32. The van der Waals surface area contributed by atoms with Gasteiger partial charge in [-0.3, -0.25) is 9.69 Å². The van der Waals surface area contributed by atoms with Crippen molar-refractivity contribution in [3.63, 3.8) is 0 Å². The molecule has 2 heteroatoms. The summed E-state index contributed by atoms with van der Waals surface area (Å²) in [5, 5.41) is 0. The van der Waals surface area contributed by atoms with E-state index in [0.717, 1.165) is 31.1 Å². The van der Waals surface area contributed by atoms with Crippen LogP contribution >= 0.6 is 0 Å². The van der Waals surface area contributed by atoms with Crippen molar-refractivity contribution < 1.29 is 4.79 Å². The first-order chi connectivity index (χ1) is 6.83. The van der Waals surface area contributed by atoms with Crippen LogP contribution in [0.1, 0.15) is 38.5 Å². The Morgan fingerprint density at radius 2 is 1.79 bits per heavy atom. The molecule has 0 bridgehead atoms. The summed E-state index contributed by atoms with van der Waals surface area (Å²) in [6.07, 6.45) is 7.17. The van der Waals surface area contributed by atoms with E-state index in [2.05, 4.69) is 4.90 Å². The Hall–Kier alpha value is -0.370. The third-order valence-electron chi connectivity index (χ3n) is 4.49. The number of hydrogen-bond acceptors (Lipinski definition) is 2. The van der Waals surface area contributed by atoms with Crippen LogP contribution in [0.4, 0.5) is 0 Å². The number of likely N-dealkylation sites (tertiary alicyclic amines) is 1. The zero-order valence-corrected chi connectivity index (χ0v) is 8.74. The van der Waals surface area contributed by atoms with Gasteiger partial charge >= 0.3 is 0 Å². The van der Waals surface area contributed by atoms with E-state index in [4.69, 9.17) is 0 Å². The summed E-state index contributed by atoms with van der Waals surface area (Å²) in [6.45, 7) is 2.59. The lowest BCUT2D eigenvalue weighted by atomic mass is 10.0. The molecule has 3 unspecified atom stereocenters. The fourth-order valence-corrected chi connectivity index (χ4v) is 3.68. The van der Waals surface area contributed by atoms with Crippen LogP contribution in [0.3, 0.4) is 0 Å². The van der Waals surface area contributed by atoms with Crippen molar-refractivity contribution in [3.05, 3.63) is 0 Å². The van der Waals surface area contributed by atoms with Gasteiger partial charge in [0.15, 0.2) is 0 Å². The summed E-state index contributed by atoms with van der Waals surface area (Å²) in [5.74, 6) is 2.45. The normalized spacial score (nSPS) is 43.4. The smallest absolute Gasteiger partial charge is 0.134 e. The summed E-state index contributed by atoms with van der Waals surface area (Å²) >= 11 is 0. The minimum Gasteiger partial charge on any atom is -0.300 e. The first-order valence-electron chi connectivity index (χ1n) is 6.08.